The highest BCUT2D eigenvalue weighted by Gasteiger charge is 2.35. The predicted octanol–water partition coefficient (Wildman–Crippen LogP) is 2.86. The van der Waals surface area contributed by atoms with Crippen molar-refractivity contribution < 1.29 is 19.1 Å². The molecule has 0 aliphatic heterocycles. The second kappa shape index (κ2) is 8.22. The molecule has 6 heteroatoms. The Morgan fingerprint density at radius 1 is 1.19 bits per heavy atom. The molecule has 6 nitrogen and oxygen atoms in total. The summed E-state index contributed by atoms with van der Waals surface area (Å²) >= 11 is 0. The summed E-state index contributed by atoms with van der Waals surface area (Å²) in [5.41, 5.74) is 0.0570. The van der Waals surface area contributed by atoms with Gasteiger partial charge < -0.3 is 14.8 Å². The topological polar surface area (TPSA) is 88.4 Å². The SMILES string of the molecule is CC(C)(C)c1ccccc1OCC(=O)OCC(=O)NC1(C#N)CCCC1. The maximum atomic E-state index is 11.9. The zero-order valence-corrected chi connectivity index (χ0v) is 15.6. The van der Waals surface area contributed by atoms with E-state index in [2.05, 4.69) is 32.2 Å². The van der Waals surface area contributed by atoms with E-state index in [4.69, 9.17) is 9.47 Å². The van der Waals surface area contributed by atoms with E-state index in [1.54, 1.807) is 6.07 Å². The van der Waals surface area contributed by atoms with Crippen LogP contribution in [0.3, 0.4) is 0 Å². The third kappa shape index (κ3) is 5.22. The van der Waals surface area contributed by atoms with Crippen LogP contribution in [0.5, 0.6) is 5.75 Å². The Morgan fingerprint density at radius 2 is 1.85 bits per heavy atom. The average Bonchev–Trinajstić information content (AvgIpc) is 3.06. The van der Waals surface area contributed by atoms with Gasteiger partial charge in [0.2, 0.25) is 0 Å². The zero-order valence-electron chi connectivity index (χ0n) is 15.6. The van der Waals surface area contributed by atoms with E-state index in [0.29, 0.717) is 18.6 Å². The van der Waals surface area contributed by atoms with Gasteiger partial charge in [0.05, 0.1) is 6.07 Å². The number of amides is 1. The van der Waals surface area contributed by atoms with Gasteiger partial charge in [-0.25, -0.2) is 4.79 Å². The van der Waals surface area contributed by atoms with Crippen LogP contribution in [-0.4, -0.2) is 30.6 Å². The van der Waals surface area contributed by atoms with E-state index in [0.717, 1.165) is 18.4 Å². The zero-order chi connectivity index (χ0) is 19.2. The number of rotatable bonds is 6. The van der Waals surface area contributed by atoms with E-state index < -0.39 is 24.0 Å². The molecule has 26 heavy (non-hydrogen) atoms. The highest BCUT2D eigenvalue weighted by molar-refractivity contribution is 5.81. The van der Waals surface area contributed by atoms with Gasteiger partial charge in [-0.15, -0.1) is 0 Å². The Labute approximate surface area is 154 Å². The van der Waals surface area contributed by atoms with Gasteiger partial charge in [-0.3, -0.25) is 4.79 Å². The van der Waals surface area contributed by atoms with Gasteiger partial charge in [-0.05, 0) is 42.7 Å². The van der Waals surface area contributed by atoms with Gasteiger partial charge in [0, 0.05) is 0 Å². The molecule has 140 valence electrons. The van der Waals surface area contributed by atoms with Gasteiger partial charge >= 0.3 is 5.97 Å². The monoisotopic (exact) mass is 358 g/mol. The van der Waals surface area contributed by atoms with Crippen LogP contribution >= 0.6 is 0 Å². The van der Waals surface area contributed by atoms with Crippen molar-refractivity contribution in [2.45, 2.75) is 57.4 Å². The molecule has 1 aliphatic rings. The number of para-hydroxylation sites is 1. The first-order chi connectivity index (χ1) is 12.3. The summed E-state index contributed by atoms with van der Waals surface area (Å²) in [6, 6.07) is 9.68. The molecule has 0 aromatic heterocycles. The number of nitrogens with one attached hydrogen (secondary N) is 1. The van der Waals surface area contributed by atoms with Crippen molar-refractivity contribution in [2.75, 3.05) is 13.2 Å². The second-order valence-electron chi connectivity index (χ2n) is 7.64. The number of nitriles is 1. The molecule has 0 spiro atoms. The molecule has 0 unspecified atom stereocenters. The van der Waals surface area contributed by atoms with Crippen LogP contribution < -0.4 is 10.1 Å². The van der Waals surface area contributed by atoms with Crippen molar-refractivity contribution >= 4 is 11.9 Å². The normalized spacial score (nSPS) is 15.8. The lowest BCUT2D eigenvalue weighted by Crippen LogP contribution is -2.46. The molecule has 1 aromatic rings. The van der Waals surface area contributed by atoms with Gasteiger partial charge in [-0.2, -0.15) is 5.26 Å². The van der Waals surface area contributed by atoms with E-state index in [1.807, 2.05) is 18.2 Å². The fourth-order valence-corrected chi connectivity index (χ4v) is 3.08. The van der Waals surface area contributed by atoms with Gasteiger partial charge in [0.25, 0.3) is 5.91 Å². The van der Waals surface area contributed by atoms with Gasteiger partial charge in [0.1, 0.15) is 11.3 Å². The molecule has 1 aliphatic carbocycles. The van der Waals surface area contributed by atoms with Crippen molar-refractivity contribution in [2.24, 2.45) is 0 Å². The van der Waals surface area contributed by atoms with E-state index in [1.165, 1.54) is 0 Å². The third-order valence-electron chi connectivity index (χ3n) is 4.45. The maximum Gasteiger partial charge on any atom is 0.344 e. The van der Waals surface area contributed by atoms with Crippen LogP contribution in [0.1, 0.15) is 52.0 Å². The molecule has 0 radical (unpaired) electrons. The molecular formula is C20H26N2O4. The van der Waals surface area contributed by atoms with Crippen LogP contribution in [0.4, 0.5) is 0 Å². The fourth-order valence-electron chi connectivity index (χ4n) is 3.08. The first-order valence-electron chi connectivity index (χ1n) is 8.86. The van der Waals surface area contributed by atoms with Crippen molar-refractivity contribution in [1.82, 2.24) is 5.32 Å². The van der Waals surface area contributed by atoms with Crippen molar-refractivity contribution in [3.05, 3.63) is 29.8 Å². The Hall–Kier alpha value is -2.55. The maximum absolute atomic E-state index is 11.9. The smallest absolute Gasteiger partial charge is 0.344 e. The summed E-state index contributed by atoms with van der Waals surface area (Å²) in [6.07, 6.45) is 3.09. The number of nitrogens with zero attached hydrogens (tertiary/aromatic N) is 1. The van der Waals surface area contributed by atoms with Crippen LogP contribution in [0.25, 0.3) is 0 Å². The number of esters is 1. The molecule has 0 heterocycles. The Bertz CT molecular complexity index is 694. The molecular weight excluding hydrogens is 332 g/mol. The molecule has 0 atom stereocenters. The van der Waals surface area contributed by atoms with Crippen molar-refractivity contribution in [3.8, 4) is 11.8 Å². The fraction of sp³-hybridized carbons (Fsp3) is 0.550. The first kappa shape index (κ1) is 19.8. The number of carbonyl (C=O) groups excluding carboxylic acids is 2. The largest absolute Gasteiger partial charge is 0.482 e. The molecule has 1 fully saturated rings. The van der Waals surface area contributed by atoms with Crippen molar-refractivity contribution in [1.29, 1.82) is 5.26 Å². The Morgan fingerprint density at radius 3 is 2.46 bits per heavy atom. The minimum Gasteiger partial charge on any atom is -0.482 e. The number of hydrogen-bond donors (Lipinski definition) is 1. The van der Waals surface area contributed by atoms with E-state index in [-0.39, 0.29) is 12.0 Å². The number of hydrogen-bond acceptors (Lipinski definition) is 5. The average molecular weight is 358 g/mol. The van der Waals surface area contributed by atoms with Crippen LogP contribution in [0.2, 0.25) is 0 Å². The molecule has 1 N–H and O–H groups in total. The van der Waals surface area contributed by atoms with Crippen LogP contribution in [-0.2, 0) is 19.7 Å². The van der Waals surface area contributed by atoms with Crippen molar-refractivity contribution in [3.63, 3.8) is 0 Å². The van der Waals surface area contributed by atoms with E-state index >= 15 is 0 Å². The number of ether oxygens (including phenoxy) is 2. The summed E-state index contributed by atoms with van der Waals surface area (Å²) in [5.74, 6) is -0.464. The minimum atomic E-state index is -0.814. The summed E-state index contributed by atoms with van der Waals surface area (Å²) in [4.78, 5) is 23.8. The second-order valence-corrected chi connectivity index (χ2v) is 7.64. The predicted molar refractivity (Wildman–Crippen MR) is 96.6 cm³/mol. The minimum absolute atomic E-state index is 0.118. The summed E-state index contributed by atoms with van der Waals surface area (Å²) in [6.45, 7) is 5.50. The lowest BCUT2D eigenvalue weighted by Gasteiger charge is -2.22. The van der Waals surface area contributed by atoms with Gasteiger partial charge in [-0.1, -0.05) is 39.0 Å². The Balaban J connectivity index is 1.81. The lowest BCUT2D eigenvalue weighted by atomic mass is 9.86. The number of benzene rings is 1. The Kier molecular flexibility index (Phi) is 6.25. The lowest BCUT2D eigenvalue weighted by molar-refractivity contribution is -0.150. The summed E-state index contributed by atoms with van der Waals surface area (Å²) in [7, 11) is 0. The molecule has 1 saturated carbocycles. The summed E-state index contributed by atoms with van der Waals surface area (Å²) < 4.78 is 10.5. The quantitative estimate of drug-likeness (QED) is 0.790. The first-order valence-corrected chi connectivity index (χ1v) is 8.86. The standard InChI is InChI=1S/C20H26N2O4/c1-19(2,3)15-8-4-5-9-16(15)25-13-18(24)26-12-17(23)22-20(14-21)10-6-7-11-20/h4-5,8-9H,6-7,10-13H2,1-3H3,(H,22,23). The summed E-state index contributed by atoms with van der Waals surface area (Å²) in [5, 5.41) is 11.9. The third-order valence-corrected chi connectivity index (χ3v) is 4.45. The highest BCUT2D eigenvalue weighted by Crippen LogP contribution is 2.31. The molecule has 0 bridgehead atoms. The van der Waals surface area contributed by atoms with Crippen LogP contribution in [0, 0.1) is 11.3 Å². The molecule has 1 amide bonds. The number of carbonyl (C=O) groups is 2. The van der Waals surface area contributed by atoms with Crippen LogP contribution in [0.15, 0.2) is 24.3 Å². The molecule has 0 saturated heterocycles. The van der Waals surface area contributed by atoms with E-state index in [9.17, 15) is 14.9 Å². The van der Waals surface area contributed by atoms with Gasteiger partial charge in [0.15, 0.2) is 13.2 Å². The molecule has 1 aromatic carbocycles. The molecule has 2 rings (SSSR count). The highest BCUT2D eigenvalue weighted by atomic mass is 16.6.